The standard InChI is InChI=1S/C22H16Cl2N4O5S/c23-14-2-1-3-16(12-14)32-13-17-6-9-19(33-17)22(29)25-15-4-7-18(8-5-15)34(30,31)28-21-11-10-20(24)26-27-21/h1-12H,13H2,(H,25,29)(H,27,28). The van der Waals surface area contributed by atoms with E-state index in [1.54, 1.807) is 30.3 Å². The first-order valence-electron chi connectivity index (χ1n) is 9.69. The van der Waals surface area contributed by atoms with Crippen molar-refractivity contribution in [2.45, 2.75) is 11.5 Å². The van der Waals surface area contributed by atoms with E-state index in [1.807, 2.05) is 0 Å². The Morgan fingerprint density at radius 1 is 0.971 bits per heavy atom. The number of ether oxygens (including phenoxy) is 1. The van der Waals surface area contributed by atoms with E-state index in [2.05, 4.69) is 20.2 Å². The molecule has 0 unspecified atom stereocenters. The molecule has 1 amide bonds. The van der Waals surface area contributed by atoms with Gasteiger partial charge in [-0.2, -0.15) is 0 Å². The molecule has 174 valence electrons. The summed E-state index contributed by atoms with van der Waals surface area (Å²) in [6.07, 6.45) is 0. The fourth-order valence-electron chi connectivity index (χ4n) is 2.77. The van der Waals surface area contributed by atoms with Crippen molar-refractivity contribution >= 4 is 50.6 Å². The Hall–Kier alpha value is -3.60. The lowest BCUT2D eigenvalue weighted by molar-refractivity contribution is 0.0992. The largest absolute Gasteiger partial charge is 0.486 e. The van der Waals surface area contributed by atoms with Crippen LogP contribution in [-0.4, -0.2) is 24.5 Å². The number of sulfonamides is 1. The number of rotatable bonds is 8. The van der Waals surface area contributed by atoms with Crippen LogP contribution in [0.25, 0.3) is 0 Å². The number of nitrogens with zero attached hydrogens (tertiary/aromatic N) is 2. The second-order valence-electron chi connectivity index (χ2n) is 6.84. The summed E-state index contributed by atoms with van der Waals surface area (Å²) >= 11 is 11.6. The molecule has 12 heteroatoms. The van der Waals surface area contributed by atoms with Crippen molar-refractivity contribution in [2.75, 3.05) is 10.0 Å². The van der Waals surface area contributed by atoms with Gasteiger partial charge in [-0.05, 0) is 66.7 Å². The van der Waals surface area contributed by atoms with Crippen molar-refractivity contribution in [2.24, 2.45) is 0 Å². The Balaban J connectivity index is 1.36. The van der Waals surface area contributed by atoms with Crippen LogP contribution in [0.5, 0.6) is 5.75 Å². The molecule has 0 aliphatic carbocycles. The van der Waals surface area contributed by atoms with Gasteiger partial charge in [-0.1, -0.05) is 29.3 Å². The normalized spacial score (nSPS) is 11.1. The number of hydrogen-bond acceptors (Lipinski definition) is 7. The van der Waals surface area contributed by atoms with Crippen LogP contribution in [0.15, 0.2) is 82.1 Å². The van der Waals surface area contributed by atoms with Gasteiger partial charge in [-0.3, -0.25) is 9.52 Å². The van der Waals surface area contributed by atoms with Gasteiger partial charge in [-0.15, -0.1) is 10.2 Å². The molecule has 2 aromatic heterocycles. The maximum Gasteiger partial charge on any atom is 0.291 e. The third-order valence-corrected chi connectivity index (χ3v) is 6.16. The average molecular weight is 519 g/mol. The first-order valence-corrected chi connectivity index (χ1v) is 11.9. The lowest BCUT2D eigenvalue weighted by Gasteiger charge is -2.08. The molecule has 2 N–H and O–H groups in total. The van der Waals surface area contributed by atoms with Crippen LogP contribution in [0.4, 0.5) is 11.5 Å². The summed E-state index contributed by atoms with van der Waals surface area (Å²) in [5, 5.41) is 10.6. The first-order chi connectivity index (χ1) is 16.3. The van der Waals surface area contributed by atoms with E-state index in [4.69, 9.17) is 32.4 Å². The van der Waals surface area contributed by atoms with Gasteiger partial charge in [0.25, 0.3) is 15.9 Å². The monoisotopic (exact) mass is 518 g/mol. The minimum Gasteiger partial charge on any atom is -0.486 e. The van der Waals surface area contributed by atoms with Gasteiger partial charge in [0.05, 0.1) is 4.90 Å². The topological polar surface area (TPSA) is 123 Å². The maximum atomic E-state index is 12.5. The lowest BCUT2D eigenvalue weighted by atomic mass is 10.3. The van der Waals surface area contributed by atoms with Crippen LogP contribution in [0.2, 0.25) is 10.2 Å². The number of carbonyl (C=O) groups excluding carboxylic acids is 1. The zero-order valence-electron chi connectivity index (χ0n) is 17.2. The number of amides is 1. The molecule has 9 nitrogen and oxygen atoms in total. The van der Waals surface area contributed by atoms with Crippen molar-refractivity contribution in [3.05, 3.63) is 94.5 Å². The van der Waals surface area contributed by atoms with Crippen LogP contribution in [0.3, 0.4) is 0 Å². The Kier molecular flexibility index (Phi) is 7.01. The predicted molar refractivity (Wildman–Crippen MR) is 127 cm³/mol. The van der Waals surface area contributed by atoms with E-state index in [9.17, 15) is 13.2 Å². The number of nitrogens with one attached hydrogen (secondary N) is 2. The molecule has 0 saturated heterocycles. The quantitative estimate of drug-likeness (QED) is 0.336. The Bertz CT molecular complexity index is 1410. The van der Waals surface area contributed by atoms with Gasteiger partial charge < -0.3 is 14.5 Å². The summed E-state index contributed by atoms with van der Waals surface area (Å²) < 4.78 is 38.4. The number of furan rings is 1. The van der Waals surface area contributed by atoms with Gasteiger partial charge in [0, 0.05) is 10.7 Å². The molecule has 2 heterocycles. The number of anilines is 2. The molecule has 0 aliphatic rings. The summed E-state index contributed by atoms with van der Waals surface area (Å²) in [6.45, 7) is 0.116. The van der Waals surface area contributed by atoms with Crippen LogP contribution >= 0.6 is 23.2 Å². The van der Waals surface area contributed by atoms with Gasteiger partial charge in [0.15, 0.2) is 16.7 Å². The summed E-state index contributed by atoms with van der Waals surface area (Å²) in [4.78, 5) is 12.4. The van der Waals surface area contributed by atoms with E-state index < -0.39 is 15.9 Å². The highest BCUT2D eigenvalue weighted by Gasteiger charge is 2.16. The van der Waals surface area contributed by atoms with Crippen LogP contribution in [0.1, 0.15) is 16.3 Å². The summed E-state index contributed by atoms with van der Waals surface area (Å²) in [7, 11) is -3.90. The van der Waals surface area contributed by atoms with Crippen molar-refractivity contribution < 1.29 is 22.4 Å². The Labute approximate surface area is 204 Å². The SMILES string of the molecule is O=C(Nc1ccc(S(=O)(=O)Nc2ccc(Cl)nn2)cc1)c1ccc(COc2cccc(Cl)c2)o1. The van der Waals surface area contributed by atoms with Crippen molar-refractivity contribution in [1.82, 2.24) is 10.2 Å². The molecule has 34 heavy (non-hydrogen) atoms. The van der Waals surface area contributed by atoms with Crippen molar-refractivity contribution in [3.8, 4) is 5.75 Å². The Morgan fingerprint density at radius 3 is 2.47 bits per heavy atom. The van der Waals surface area contributed by atoms with Crippen LogP contribution in [0, 0.1) is 0 Å². The summed E-state index contributed by atoms with van der Waals surface area (Å²) in [5.41, 5.74) is 0.378. The average Bonchev–Trinajstić information content (AvgIpc) is 3.29. The van der Waals surface area contributed by atoms with Gasteiger partial charge in [-0.25, -0.2) is 8.42 Å². The number of carbonyl (C=O) groups is 1. The van der Waals surface area contributed by atoms with Crippen LogP contribution < -0.4 is 14.8 Å². The molecule has 0 saturated carbocycles. The summed E-state index contributed by atoms with van der Waals surface area (Å²) in [5.74, 6) is 0.615. The number of benzene rings is 2. The number of aromatic nitrogens is 2. The minimum atomic E-state index is -3.90. The molecule has 0 fully saturated rings. The second kappa shape index (κ2) is 10.1. The van der Waals surface area contributed by atoms with E-state index in [1.165, 1.54) is 42.5 Å². The molecule has 0 aliphatic heterocycles. The highest BCUT2D eigenvalue weighted by Crippen LogP contribution is 2.21. The van der Waals surface area contributed by atoms with E-state index in [0.29, 0.717) is 22.2 Å². The Morgan fingerprint density at radius 2 is 1.76 bits per heavy atom. The molecule has 0 atom stereocenters. The molecule has 0 radical (unpaired) electrons. The highest BCUT2D eigenvalue weighted by molar-refractivity contribution is 7.92. The second-order valence-corrected chi connectivity index (χ2v) is 9.34. The predicted octanol–water partition coefficient (Wildman–Crippen LogP) is 5.01. The van der Waals surface area contributed by atoms with Gasteiger partial charge in [0.2, 0.25) is 0 Å². The zero-order chi connectivity index (χ0) is 24.1. The van der Waals surface area contributed by atoms with Crippen molar-refractivity contribution in [1.29, 1.82) is 0 Å². The number of hydrogen-bond donors (Lipinski definition) is 2. The molecule has 0 bridgehead atoms. The van der Waals surface area contributed by atoms with Gasteiger partial charge >= 0.3 is 0 Å². The third-order valence-electron chi connectivity index (χ3n) is 4.36. The highest BCUT2D eigenvalue weighted by atomic mass is 35.5. The first kappa shape index (κ1) is 23.6. The summed E-state index contributed by atoms with van der Waals surface area (Å²) in [6, 6.07) is 18.4. The van der Waals surface area contributed by atoms with E-state index in [-0.39, 0.29) is 28.2 Å². The minimum absolute atomic E-state index is 0.0229. The smallest absolute Gasteiger partial charge is 0.291 e. The van der Waals surface area contributed by atoms with Crippen molar-refractivity contribution in [3.63, 3.8) is 0 Å². The molecular formula is C22H16Cl2N4O5S. The zero-order valence-corrected chi connectivity index (χ0v) is 19.6. The molecule has 2 aromatic carbocycles. The van der Waals surface area contributed by atoms with Gasteiger partial charge in [0.1, 0.15) is 18.1 Å². The lowest BCUT2D eigenvalue weighted by Crippen LogP contribution is -2.15. The van der Waals surface area contributed by atoms with Crippen LogP contribution in [-0.2, 0) is 16.6 Å². The third kappa shape index (κ3) is 6.04. The van der Waals surface area contributed by atoms with E-state index in [0.717, 1.165) is 0 Å². The molecule has 0 spiro atoms. The van der Waals surface area contributed by atoms with E-state index >= 15 is 0 Å². The fraction of sp³-hybridized carbons (Fsp3) is 0.0455. The number of halogens is 2. The maximum absolute atomic E-state index is 12.5. The molecular weight excluding hydrogens is 503 g/mol. The fourth-order valence-corrected chi connectivity index (χ4v) is 4.04. The molecule has 4 rings (SSSR count). The molecule has 4 aromatic rings.